The Labute approximate surface area is 106 Å². The van der Waals surface area contributed by atoms with Crippen molar-refractivity contribution in [2.45, 2.75) is 26.4 Å². The summed E-state index contributed by atoms with van der Waals surface area (Å²) >= 11 is 12.0. The Balaban J connectivity index is 2.77. The molecule has 0 radical (unpaired) electrons. The average Bonchev–Trinajstić information content (AvgIpc) is 2.23. The van der Waals surface area contributed by atoms with Crippen LogP contribution in [0.3, 0.4) is 0 Å². The Kier molecular flexibility index (Phi) is 5.26. The molecule has 1 rings (SSSR count). The third kappa shape index (κ3) is 3.48. The van der Waals surface area contributed by atoms with E-state index in [2.05, 4.69) is 0 Å². The molecule has 0 aliphatic carbocycles. The van der Waals surface area contributed by atoms with Crippen LogP contribution in [0.2, 0.25) is 10.0 Å². The van der Waals surface area contributed by atoms with Crippen molar-refractivity contribution in [2.24, 2.45) is 0 Å². The highest BCUT2D eigenvalue weighted by Gasteiger charge is 2.16. The fourth-order valence-corrected chi connectivity index (χ4v) is 1.89. The third-order valence-corrected chi connectivity index (χ3v) is 2.99. The maximum absolute atomic E-state index is 11.8. The summed E-state index contributed by atoms with van der Waals surface area (Å²) in [7, 11) is 0. The van der Waals surface area contributed by atoms with Crippen molar-refractivity contribution in [3.05, 3.63) is 33.8 Å². The lowest BCUT2D eigenvalue weighted by molar-refractivity contribution is -0.128. The van der Waals surface area contributed by atoms with Gasteiger partial charge >= 0.3 is 0 Å². The van der Waals surface area contributed by atoms with E-state index in [0.29, 0.717) is 22.2 Å². The summed E-state index contributed by atoms with van der Waals surface area (Å²) in [5.41, 5.74) is 0.669. The van der Waals surface area contributed by atoms with Gasteiger partial charge in [-0.1, -0.05) is 29.3 Å². The highest BCUT2D eigenvalue weighted by molar-refractivity contribution is 6.36. The maximum Gasteiger partial charge on any atom is 0.165 e. The minimum Gasteiger partial charge on any atom is -0.371 e. The molecular formula is C12H14Cl2O2. The quantitative estimate of drug-likeness (QED) is 0.810. The summed E-state index contributed by atoms with van der Waals surface area (Å²) in [6.45, 7) is 4.10. The molecule has 0 saturated carbocycles. The Morgan fingerprint density at radius 3 is 2.44 bits per heavy atom. The van der Waals surface area contributed by atoms with Crippen LogP contribution in [0.4, 0.5) is 0 Å². The summed E-state index contributed by atoms with van der Waals surface area (Å²) in [6, 6.07) is 5.20. The van der Waals surface area contributed by atoms with Gasteiger partial charge in [0.1, 0.15) is 6.10 Å². The maximum atomic E-state index is 11.8. The summed E-state index contributed by atoms with van der Waals surface area (Å²) < 4.78 is 5.22. The molecular weight excluding hydrogens is 247 g/mol. The smallest absolute Gasteiger partial charge is 0.165 e. The van der Waals surface area contributed by atoms with Gasteiger partial charge in [0.15, 0.2) is 5.78 Å². The van der Waals surface area contributed by atoms with Gasteiger partial charge in [-0.2, -0.15) is 0 Å². The Bertz CT molecular complexity index is 357. The largest absolute Gasteiger partial charge is 0.371 e. The molecule has 1 atom stereocenters. The van der Waals surface area contributed by atoms with Crippen molar-refractivity contribution in [2.75, 3.05) is 6.61 Å². The second-order valence-electron chi connectivity index (χ2n) is 3.44. The molecule has 0 aliphatic heterocycles. The van der Waals surface area contributed by atoms with Crippen LogP contribution < -0.4 is 0 Å². The van der Waals surface area contributed by atoms with Gasteiger partial charge in [-0.3, -0.25) is 4.79 Å². The molecule has 0 aromatic heterocycles. The Morgan fingerprint density at radius 2 is 1.94 bits per heavy atom. The van der Waals surface area contributed by atoms with Crippen molar-refractivity contribution < 1.29 is 9.53 Å². The van der Waals surface area contributed by atoms with Crippen molar-refractivity contribution in [3.63, 3.8) is 0 Å². The van der Waals surface area contributed by atoms with Gasteiger partial charge in [-0.25, -0.2) is 0 Å². The van der Waals surface area contributed by atoms with E-state index in [1.54, 1.807) is 25.1 Å². The number of halogens is 2. The van der Waals surface area contributed by atoms with E-state index < -0.39 is 6.10 Å². The molecule has 1 unspecified atom stereocenters. The number of hydrogen-bond donors (Lipinski definition) is 0. The van der Waals surface area contributed by atoms with Gasteiger partial charge in [-0.15, -0.1) is 0 Å². The normalized spacial score (nSPS) is 12.5. The summed E-state index contributed by atoms with van der Waals surface area (Å²) in [4.78, 5) is 11.8. The molecule has 4 heteroatoms. The van der Waals surface area contributed by atoms with Crippen molar-refractivity contribution >= 4 is 29.0 Å². The minimum atomic E-state index is -0.419. The van der Waals surface area contributed by atoms with E-state index in [1.165, 1.54) is 0 Å². The fraction of sp³-hybridized carbons (Fsp3) is 0.417. The second-order valence-corrected chi connectivity index (χ2v) is 4.26. The number of ketones is 1. The standard InChI is InChI=1S/C12H14Cl2O2/c1-3-16-8(2)12(15)7-9-10(13)5-4-6-11(9)14/h4-6,8H,3,7H2,1-2H3. The first-order chi connectivity index (χ1) is 7.56. The molecule has 0 bridgehead atoms. The van der Waals surface area contributed by atoms with E-state index in [4.69, 9.17) is 27.9 Å². The predicted octanol–water partition coefficient (Wildman–Crippen LogP) is 3.53. The van der Waals surface area contributed by atoms with Crippen LogP contribution in [0.15, 0.2) is 18.2 Å². The molecule has 1 aromatic carbocycles. The summed E-state index contributed by atoms with van der Waals surface area (Å²) in [5.74, 6) is -0.0168. The fourth-order valence-electron chi connectivity index (χ4n) is 1.36. The number of Topliss-reactive ketones (excluding diaryl/α,β-unsaturated/α-hetero) is 1. The van der Waals surface area contributed by atoms with E-state index in [-0.39, 0.29) is 12.2 Å². The Morgan fingerprint density at radius 1 is 1.38 bits per heavy atom. The van der Waals surface area contributed by atoms with Crippen LogP contribution in [0.1, 0.15) is 19.4 Å². The zero-order valence-electron chi connectivity index (χ0n) is 9.30. The number of benzene rings is 1. The van der Waals surface area contributed by atoms with Gasteiger partial charge < -0.3 is 4.74 Å². The first-order valence-electron chi connectivity index (χ1n) is 5.13. The zero-order valence-corrected chi connectivity index (χ0v) is 10.8. The zero-order chi connectivity index (χ0) is 12.1. The number of hydrogen-bond acceptors (Lipinski definition) is 2. The molecule has 0 heterocycles. The van der Waals surface area contributed by atoms with E-state index >= 15 is 0 Å². The average molecular weight is 261 g/mol. The number of carbonyl (C=O) groups excluding carboxylic acids is 1. The van der Waals surface area contributed by atoms with Crippen molar-refractivity contribution in [1.29, 1.82) is 0 Å². The van der Waals surface area contributed by atoms with E-state index in [1.807, 2.05) is 6.92 Å². The topological polar surface area (TPSA) is 26.3 Å². The monoisotopic (exact) mass is 260 g/mol. The highest BCUT2D eigenvalue weighted by atomic mass is 35.5. The van der Waals surface area contributed by atoms with Crippen LogP contribution in [0, 0.1) is 0 Å². The molecule has 0 amide bonds. The number of rotatable bonds is 5. The number of ether oxygens (including phenoxy) is 1. The molecule has 1 aromatic rings. The van der Waals surface area contributed by atoms with Gasteiger partial charge in [0.05, 0.1) is 0 Å². The van der Waals surface area contributed by atoms with Gasteiger partial charge in [0.2, 0.25) is 0 Å². The first kappa shape index (κ1) is 13.5. The molecule has 0 saturated heterocycles. The van der Waals surface area contributed by atoms with E-state index in [0.717, 1.165) is 0 Å². The lowest BCUT2D eigenvalue weighted by atomic mass is 10.1. The molecule has 16 heavy (non-hydrogen) atoms. The van der Waals surface area contributed by atoms with Gasteiger partial charge in [-0.05, 0) is 31.5 Å². The van der Waals surface area contributed by atoms with Crippen LogP contribution in [0.25, 0.3) is 0 Å². The van der Waals surface area contributed by atoms with Gasteiger partial charge in [0.25, 0.3) is 0 Å². The lowest BCUT2D eigenvalue weighted by Gasteiger charge is -2.11. The van der Waals surface area contributed by atoms with Gasteiger partial charge in [0, 0.05) is 23.1 Å². The van der Waals surface area contributed by atoms with E-state index in [9.17, 15) is 4.79 Å². The van der Waals surface area contributed by atoms with Crippen LogP contribution in [0.5, 0.6) is 0 Å². The summed E-state index contributed by atoms with van der Waals surface area (Å²) in [5, 5.41) is 1.04. The predicted molar refractivity (Wildman–Crippen MR) is 66.3 cm³/mol. The highest BCUT2D eigenvalue weighted by Crippen LogP contribution is 2.25. The number of carbonyl (C=O) groups is 1. The van der Waals surface area contributed by atoms with Crippen LogP contribution in [-0.2, 0) is 16.0 Å². The SMILES string of the molecule is CCOC(C)C(=O)Cc1c(Cl)cccc1Cl. The molecule has 0 N–H and O–H groups in total. The molecule has 2 nitrogen and oxygen atoms in total. The lowest BCUT2D eigenvalue weighted by Crippen LogP contribution is -2.22. The molecule has 0 fully saturated rings. The summed E-state index contributed by atoms with van der Waals surface area (Å²) in [6.07, 6.45) is -0.211. The van der Waals surface area contributed by atoms with Crippen LogP contribution >= 0.6 is 23.2 Å². The molecule has 0 aliphatic rings. The van der Waals surface area contributed by atoms with Crippen molar-refractivity contribution in [3.8, 4) is 0 Å². The second kappa shape index (κ2) is 6.24. The molecule has 88 valence electrons. The molecule has 0 spiro atoms. The minimum absolute atomic E-state index is 0.0168. The first-order valence-corrected chi connectivity index (χ1v) is 5.89. The van der Waals surface area contributed by atoms with Crippen LogP contribution in [-0.4, -0.2) is 18.5 Å². The third-order valence-electron chi connectivity index (χ3n) is 2.28. The van der Waals surface area contributed by atoms with Crippen molar-refractivity contribution in [1.82, 2.24) is 0 Å². The Hall–Kier alpha value is -0.570.